The molecule has 1 aliphatic rings. The van der Waals surface area contributed by atoms with Crippen LogP contribution in [0.2, 0.25) is 0 Å². The summed E-state index contributed by atoms with van der Waals surface area (Å²) in [5.41, 5.74) is 3.06. The van der Waals surface area contributed by atoms with Crippen molar-refractivity contribution in [2.45, 2.75) is 32.4 Å². The Morgan fingerprint density at radius 1 is 1.35 bits per heavy atom. The second-order valence-corrected chi connectivity index (χ2v) is 6.67. The van der Waals surface area contributed by atoms with E-state index in [1.807, 2.05) is 42.4 Å². The first kappa shape index (κ1) is 16.6. The molecule has 1 fully saturated rings. The number of fused-ring (bicyclic) bond motifs is 1. The van der Waals surface area contributed by atoms with Crippen molar-refractivity contribution in [2.75, 3.05) is 6.54 Å². The van der Waals surface area contributed by atoms with Gasteiger partial charge in [0.15, 0.2) is 0 Å². The van der Waals surface area contributed by atoms with Gasteiger partial charge in [0.05, 0.1) is 23.3 Å². The lowest BCUT2D eigenvalue weighted by Gasteiger charge is -2.23. The van der Waals surface area contributed by atoms with E-state index in [9.17, 15) is 4.79 Å². The van der Waals surface area contributed by atoms with Crippen LogP contribution in [-0.4, -0.2) is 36.7 Å². The standard InChI is InChI=1S/C20H23N5O/c1-3-24-17-8-5-4-7-16(17)22-20(24)18-9-6-12-25(18)19(26)11-10-15-13-21-23(2)14-15/h4-5,7-8,10-11,13-14,18H,3,6,9,12H2,1-2H3/b11-10-/t18-/m1/s1. The van der Waals surface area contributed by atoms with Gasteiger partial charge in [-0.3, -0.25) is 9.48 Å². The largest absolute Gasteiger partial charge is 0.329 e. The number of aryl methyl sites for hydroxylation is 2. The van der Waals surface area contributed by atoms with Crippen LogP contribution in [-0.2, 0) is 18.4 Å². The molecular formula is C20H23N5O. The van der Waals surface area contributed by atoms with Crippen molar-refractivity contribution >= 4 is 23.0 Å². The number of imidazole rings is 1. The predicted octanol–water partition coefficient (Wildman–Crippen LogP) is 3.17. The zero-order valence-corrected chi connectivity index (χ0v) is 15.2. The SMILES string of the molecule is CCn1c([C@H]2CCCN2C(=O)/C=C\c2cnn(C)c2)nc2ccccc21. The fourth-order valence-electron chi connectivity index (χ4n) is 3.77. The lowest BCUT2D eigenvalue weighted by Crippen LogP contribution is -2.30. The summed E-state index contributed by atoms with van der Waals surface area (Å²) in [6.07, 6.45) is 9.07. The molecule has 0 bridgehead atoms. The minimum atomic E-state index is 0.0334. The lowest BCUT2D eigenvalue weighted by molar-refractivity contribution is -0.127. The van der Waals surface area contributed by atoms with E-state index in [1.165, 1.54) is 0 Å². The van der Waals surface area contributed by atoms with Gasteiger partial charge >= 0.3 is 0 Å². The van der Waals surface area contributed by atoms with Crippen molar-refractivity contribution < 1.29 is 4.79 Å². The molecule has 0 radical (unpaired) electrons. The molecule has 6 heteroatoms. The Kier molecular flexibility index (Phi) is 4.32. The number of rotatable bonds is 4. The van der Waals surface area contributed by atoms with Gasteiger partial charge in [-0.25, -0.2) is 4.98 Å². The third-order valence-electron chi connectivity index (χ3n) is 4.98. The summed E-state index contributed by atoms with van der Waals surface area (Å²) in [5.74, 6) is 1.03. The van der Waals surface area contributed by atoms with E-state index in [0.29, 0.717) is 0 Å². The Bertz CT molecular complexity index is 968. The molecule has 3 aromatic rings. The highest BCUT2D eigenvalue weighted by atomic mass is 16.2. The summed E-state index contributed by atoms with van der Waals surface area (Å²) in [6.45, 7) is 3.74. The first-order chi connectivity index (χ1) is 12.7. The van der Waals surface area contributed by atoms with E-state index < -0.39 is 0 Å². The second kappa shape index (κ2) is 6.78. The van der Waals surface area contributed by atoms with Gasteiger partial charge in [-0.15, -0.1) is 0 Å². The summed E-state index contributed by atoms with van der Waals surface area (Å²) >= 11 is 0. The molecule has 0 spiro atoms. The highest BCUT2D eigenvalue weighted by Crippen LogP contribution is 2.33. The zero-order chi connectivity index (χ0) is 18.1. The van der Waals surface area contributed by atoms with Crippen molar-refractivity contribution in [3.05, 3.63) is 54.1 Å². The number of benzene rings is 1. The minimum Gasteiger partial charge on any atom is -0.329 e. The molecule has 0 unspecified atom stereocenters. The normalized spacial score (nSPS) is 17.6. The molecule has 1 aliphatic heterocycles. The Morgan fingerprint density at radius 2 is 2.19 bits per heavy atom. The van der Waals surface area contributed by atoms with E-state index in [0.717, 1.165) is 48.4 Å². The van der Waals surface area contributed by atoms with Gasteiger partial charge in [-0.05, 0) is 38.0 Å². The number of amides is 1. The fourth-order valence-corrected chi connectivity index (χ4v) is 3.77. The second-order valence-electron chi connectivity index (χ2n) is 6.67. The maximum atomic E-state index is 12.8. The molecule has 0 N–H and O–H groups in total. The lowest BCUT2D eigenvalue weighted by atomic mass is 10.2. The number of aromatic nitrogens is 4. The number of para-hydroxylation sites is 2. The molecule has 3 heterocycles. The molecule has 6 nitrogen and oxygen atoms in total. The van der Waals surface area contributed by atoms with Gasteiger partial charge in [0.1, 0.15) is 5.82 Å². The Morgan fingerprint density at radius 3 is 2.96 bits per heavy atom. The van der Waals surface area contributed by atoms with E-state index in [1.54, 1.807) is 17.0 Å². The highest BCUT2D eigenvalue weighted by Gasteiger charge is 2.32. The Hall–Kier alpha value is -2.89. The average molecular weight is 349 g/mol. The van der Waals surface area contributed by atoms with Crippen LogP contribution in [0, 0.1) is 0 Å². The first-order valence-corrected chi connectivity index (χ1v) is 9.10. The fraction of sp³-hybridized carbons (Fsp3) is 0.350. The van der Waals surface area contributed by atoms with Crippen molar-refractivity contribution in [3.8, 4) is 0 Å². The van der Waals surface area contributed by atoms with E-state index >= 15 is 0 Å². The topological polar surface area (TPSA) is 56.0 Å². The van der Waals surface area contributed by atoms with Crippen LogP contribution in [0.1, 0.15) is 37.2 Å². The van der Waals surface area contributed by atoms with Crippen LogP contribution < -0.4 is 0 Å². The van der Waals surface area contributed by atoms with Crippen LogP contribution in [0.5, 0.6) is 0 Å². The molecule has 2 aromatic heterocycles. The molecular weight excluding hydrogens is 326 g/mol. The molecule has 1 saturated heterocycles. The molecule has 1 aromatic carbocycles. The third kappa shape index (κ3) is 2.92. The van der Waals surface area contributed by atoms with Crippen molar-refractivity contribution in [1.82, 2.24) is 24.2 Å². The molecule has 1 amide bonds. The van der Waals surface area contributed by atoms with Gasteiger partial charge in [-0.2, -0.15) is 5.10 Å². The first-order valence-electron chi connectivity index (χ1n) is 9.10. The monoisotopic (exact) mass is 349 g/mol. The van der Waals surface area contributed by atoms with Gasteiger partial charge in [0, 0.05) is 38.0 Å². The number of hydrogen-bond acceptors (Lipinski definition) is 3. The van der Waals surface area contributed by atoms with E-state index in [2.05, 4.69) is 22.7 Å². The molecule has 0 saturated carbocycles. The van der Waals surface area contributed by atoms with Gasteiger partial charge in [-0.1, -0.05) is 12.1 Å². The zero-order valence-electron chi connectivity index (χ0n) is 15.2. The summed E-state index contributed by atoms with van der Waals surface area (Å²) in [6, 6.07) is 8.21. The highest BCUT2D eigenvalue weighted by molar-refractivity contribution is 5.92. The molecule has 26 heavy (non-hydrogen) atoms. The number of carbonyl (C=O) groups is 1. The quantitative estimate of drug-likeness (QED) is 0.680. The van der Waals surface area contributed by atoms with Crippen LogP contribution in [0.15, 0.2) is 42.7 Å². The van der Waals surface area contributed by atoms with Crippen LogP contribution in [0.4, 0.5) is 0 Å². The summed E-state index contributed by atoms with van der Waals surface area (Å²) in [5, 5.41) is 4.13. The van der Waals surface area contributed by atoms with Gasteiger partial charge < -0.3 is 9.47 Å². The van der Waals surface area contributed by atoms with Gasteiger partial charge in [0.2, 0.25) is 5.91 Å². The van der Waals surface area contributed by atoms with E-state index in [4.69, 9.17) is 4.98 Å². The average Bonchev–Trinajstić information content (AvgIpc) is 3.36. The Labute approximate surface area is 152 Å². The Balaban J connectivity index is 1.62. The molecule has 0 aliphatic carbocycles. The van der Waals surface area contributed by atoms with Crippen molar-refractivity contribution in [1.29, 1.82) is 0 Å². The number of nitrogens with zero attached hydrogens (tertiary/aromatic N) is 5. The summed E-state index contributed by atoms with van der Waals surface area (Å²) < 4.78 is 3.96. The predicted molar refractivity (Wildman–Crippen MR) is 101 cm³/mol. The van der Waals surface area contributed by atoms with Crippen molar-refractivity contribution in [3.63, 3.8) is 0 Å². The summed E-state index contributed by atoms with van der Waals surface area (Å²) in [7, 11) is 1.87. The molecule has 1 atom stereocenters. The summed E-state index contributed by atoms with van der Waals surface area (Å²) in [4.78, 5) is 19.6. The van der Waals surface area contributed by atoms with Gasteiger partial charge in [0.25, 0.3) is 0 Å². The van der Waals surface area contributed by atoms with Crippen LogP contribution >= 0.6 is 0 Å². The van der Waals surface area contributed by atoms with Crippen molar-refractivity contribution in [2.24, 2.45) is 7.05 Å². The number of likely N-dealkylation sites (tertiary alicyclic amines) is 1. The van der Waals surface area contributed by atoms with E-state index in [-0.39, 0.29) is 11.9 Å². The van der Waals surface area contributed by atoms with Crippen LogP contribution in [0.25, 0.3) is 17.1 Å². The maximum Gasteiger partial charge on any atom is 0.247 e. The maximum absolute atomic E-state index is 12.8. The smallest absolute Gasteiger partial charge is 0.247 e. The number of carbonyl (C=O) groups excluding carboxylic acids is 1. The van der Waals surface area contributed by atoms with Crippen LogP contribution in [0.3, 0.4) is 0 Å². The number of hydrogen-bond donors (Lipinski definition) is 0. The third-order valence-corrected chi connectivity index (χ3v) is 4.98. The molecule has 4 rings (SSSR count). The minimum absolute atomic E-state index is 0.0334. The molecule has 134 valence electrons.